The van der Waals surface area contributed by atoms with Gasteiger partial charge in [-0.1, -0.05) is 18.2 Å². The zero-order chi connectivity index (χ0) is 12.3. The van der Waals surface area contributed by atoms with Crippen LogP contribution in [0.4, 0.5) is 9.18 Å². The van der Waals surface area contributed by atoms with Crippen molar-refractivity contribution in [1.29, 1.82) is 0 Å². The van der Waals surface area contributed by atoms with Crippen molar-refractivity contribution in [1.82, 2.24) is 5.32 Å². The Hall–Kier alpha value is -1.62. The first kappa shape index (κ1) is 11.9. The Morgan fingerprint density at radius 2 is 2.00 bits per heavy atom. The van der Waals surface area contributed by atoms with Crippen LogP contribution in [0.2, 0.25) is 0 Å². The van der Waals surface area contributed by atoms with E-state index in [-0.39, 0.29) is 5.82 Å². The fourth-order valence-corrected chi connectivity index (χ4v) is 2.28. The van der Waals surface area contributed by atoms with E-state index in [4.69, 9.17) is 10.5 Å². The van der Waals surface area contributed by atoms with E-state index < -0.39 is 11.7 Å². The highest BCUT2D eigenvalue weighted by Gasteiger charge is 2.39. The van der Waals surface area contributed by atoms with Gasteiger partial charge in [-0.3, -0.25) is 0 Å². The fraction of sp³-hybridized carbons (Fsp3) is 0.417. The number of amides is 1. The van der Waals surface area contributed by atoms with E-state index in [0.29, 0.717) is 31.5 Å². The number of carbonyl (C=O) groups excluding carboxylic acids is 1. The quantitative estimate of drug-likeness (QED) is 0.820. The summed E-state index contributed by atoms with van der Waals surface area (Å²) >= 11 is 0. The highest BCUT2D eigenvalue weighted by Crippen LogP contribution is 2.36. The van der Waals surface area contributed by atoms with Gasteiger partial charge in [0.2, 0.25) is 0 Å². The normalized spacial score (nSPS) is 18.6. The number of halogens is 1. The van der Waals surface area contributed by atoms with Crippen LogP contribution in [-0.4, -0.2) is 19.2 Å². The van der Waals surface area contributed by atoms with Gasteiger partial charge >= 0.3 is 6.09 Å². The molecule has 1 fully saturated rings. The molecule has 2 rings (SSSR count). The number of hydrogen-bond acceptors (Lipinski definition) is 3. The first-order chi connectivity index (χ1) is 8.14. The summed E-state index contributed by atoms with van der Waals surface area (Å²) in [4.78, 5) is 11.0. The molecule has 1 aromatic rings. The Kier molecular flexibility index (Phi) is 3.28. The molecule has 17 heavy (non-hydrogen) atoms. The number of primary amides is 1. The van der Waals surface area contributed by atoms with E-state index in [1.54, 1.807) is 18.2 Å². The van der Waals surface area contributed by atoms with Crippen LogP contribution in [0.1, 0.15) is 18.4 Å². The molecule has 0 unspecified atom stereocenters. The Balaban J connectivity index is 2.39. The van der Waals surface area contributed by atoms with Gasteiger partial charge in [-0.05, 0) is 19.2 Å². The monoisotopic (exact) mass is 238 g/mol. The van der Waals surface area contributed by atoms with Gasteiger partial charge in [-0.25, -0.2) is 9.18 Å². The largest absolute Gasteiger partial charge is 0.438 e. The number of nitrogens with one attached hydrogen (secondary N) is 1. The summed E-state index contributed by atoms with van der Waals surface area (Å²) in [6.07, 6.45) is 0.184. The molecule has 0 bridgehead atoms. The van der Waals surface area contributed by atoms with Crippen molar-refractivity contribution in [2.75, 3.05) is 13.1 Å². The maximum absolute atomic E-state index is 13.8. The molecule has 5 heteroatoms. The van der Waals surface area contributed by atoms with Gasteiger partial charge in [0.1, 0.15) is 11.4 Å². The number of nitrogens with two attached hydrogens (primary N) is 1. The summed E-state index contributed by atoms with van der Waals surface area (Å²) < 4.78 is 19.0. The third kappa shape index (κ3) is 2.39. The second kappa shape index (κ2) is 4.71. The molecule has 92 valence electrons. The minimum absolute atomic E-state index is 0.365. The van der Waals surface area contributed by atoms with E-state index >= 15 is 0 Å². The van der Waals surface area contributed by atoms with E-state index in [9.17, 15) is 9.18 Å². The van der Waals surface area contributed by atoms with Gasteiger partial charge in [0.25, 0.3) is 0 Å². The number of carbonyl (C=O) groups is 1. The molecule has 0 atom stereocenters. The van der Waals surface area contributed by atoms with Crippen molar-refractivity contribution >= 4 is 6.09 Å². The SMILES string of the molecule is NC(=O)OC1(c2ccccc2F)CCNCC1. The third-order valence-corrected chi connectivity index (χ3v) is 3.07. The van der Waals surface area contributed by atoms with Crippen LogP contribution in [0.15, 0.2) is 24.3 Å². The molecular formula is C12H15FN2O2. The molecular weight excluding hydrogens is 223 g/mol. The van der Waals surface area contributed by atoms with Crippen molar-refractivity contribution in [3.63, 3.8) is 0 Å². The van der Waals surface area contributed by atoms with Gasteiger partial charge in [0.15, 0.2) is 0 Å². The Labute approximate surface area is 98.9 Å². The van der Waals surface area contributed by atoms with Crippen LogP contribution in [0.3, 0.4) is 0 Å². The number of rotatable bonds is 2. The lowest BCUT2D eigenvalue weighted by atomic mass is 9.84. The highest BCUT2D eigenvalue weighted by molar-refractivity contribution is 5.65. The zero-order valence-corrected chi connectivity index (χ0v) is 9.41. The summed E-state index contributed by atoms with van der Waals surface area (Å²) in [5.74, 6) is -0.365. The lowest BCUT2D eigenvalue weighted by Crippen LogP contribution is -2.44. The average Bonchev–Trinajstić information content (AvgIpc) is 2.29. The summed E-state index contributed by atoms with van der Waals surface area (Å²) in [6.45, 7) is 1.34. The van der Waals surface area contributed by atoms with Crippen LogP contribution in [0.25, 0.3) is 0 Å². The van der Waals surface area contributed by atoms with Gasteiger partial charge < -0.3 is 15.8 Å². The molecule has 4 nitrogen and oxygen atoms in total. The molecule has 0 radical (unpaired) electrons. The highest BCUT2D eigenvalue weighted by atomic mass is 19.1. The lowest BCUT2D eigenvalue weighted by molar-refractivity contribution is -0.0137. The molecule has 1 aliphatic rings. The van der Waals surface area contributed by atoms with Crippen LogP contribution < -0.4 is 11.1 Å². The lowest BCUT2D eigenvalue weighted by Gasteiger charge is -2.37. The molecule has 0 spiro atoms. The van der Waals surface area contributed by atoms with Gasteiger partial charge in [0.05, 0.1) is 0 Å². The third-order valence-electron chi connectivity index (χ3n) is 3.07. The molecule has 0 saturated carbocycles. The van der Waals surface area contributed by atoms with Crippen LogP contribution in [0, 0.1) is 5.82 Å². The maximum atomic E-state index is 13.8. The molecule has 1 aromatic carbocycles. The van der Waals surface area contributed by atoms with Crippen LogP contribution >= 0.6 is 0 Å². The number of piperidine rings is 1. The second-order valence-corrected chi connectivity index (χ2v) is 4.15. The van der Waals surface area contributed by atoms with Crippen molar-refractivity contribution in [3.05, 3.63) is 35.6 Å². The second-order valence-electron chi connectivity index (χ2n) is 4.15. The summed E-state index contributed by atoms with van der Waals surface area (Å²) in [6, 6.07) is 6.34. The summed E-state index contributed by atoms with van der Waals surface area (Å²) in [7, 11) is 0. The van der Waals surface area contributed by atoms with E-state index in [1.165, 1.54) is 6.07 Å². The summed E-state index contributed by atoms with van der Waals surface area (Å²) in [5.41, 5.74) is 4.57. The number of hydrogen-bond donors (Lipinski definition) is 2. The van der Waals surface area contributed by atoms with Crippen molar-refractivity contribution in [3.8, 4) is 0 Å². The van der Waals surface area contributed by atoms with Crippen molar-refractivity contribution < 1.29 is 13.9 Å². The minimum atomic E-state index is -0.928. The Morgan fingerprint density at radius 3 is 2.59 bits per heavy atom. The Bertz CT molecular complexity index is 417. The van der Waals surface area contributed by atoms with Gasteiger partial charge in [-0.2, -0.15) is 0 Å². The average molecular weight is 238 g/mol. The first-order valence-electron chi connectivity index (χ1n) is 5.58. The van der Waals surface area contributed by atoms with Crippen molar-refractivity contribution in [2.24, 2.45) is 5.73 Å². The molecule has 1 amide bonds. The molecule has 0 aliphatic carbocycles. The molecule has 1 heterocycles. The van der Waals surface area contributed by atoms with Crippen LogP contribution in [-0.2, 0) is 10.3 Å². The fourth-order valence-electron chi connectivity index (χ4n) is 2.28. The number of ether oxygens (including phenoxy) is 1. The van der Waals surface area contributed by atoms with Crippen LogP contribution in [0.5, 0.6) is 0 Å². The number of benzene rings is 1. The van der Waals surface area contributed by atoms with Crippen molar-refractivity contribution in [2.45, 2.75) is 18.4 Å². The van der Waals surface area contributed by atoms with Gasteiger partial charge in [0, 0.05) is 18.4 Å². The smallest absolute Gasteiger partial charge is 0.405 e. The first-order valence-corrected chi connectivity index (χ1v) is 5.58. The van der Waals surface area contributed by atoms with Gasteiger partial charge in [-0.15, -0.1) is 0 Å². The van der Waals surface area contributed by atoms with E-state index in [1.807, 2.05) is 0 Å². The van der Waals surface area contributed by atoms with E-state index in [2.05, 4.69) is 5.32 Å². The molecule has 1 aliphatic heterocycles. The molecule has 1 saturated heterocycles. The summed E-state index contributed by atoms with van der Waals surface area (Å²) in [5, 5.41) is 3.15. The van der Waals surface area contributed by atoms with E-state index in [0.717, 1.165) is 0 Å². The minimum Gasteiger partial charge on any atom is -0.438 e. The predicted molar refractivity (Wildman–Crippen MR) is 60.9 cm³/mol. The molecule has 0 aromatic heterocycles. The zero-order valence-electron chi connectivity index (χ0n) is 9.41. The predicted octanol–water partition coefficient (Wildman–Crippen LogP) is 1.50. The molecule has 3 N–H and O–H groups in total. The Morgan fingerprint density at radius 1 is 1.35 bits per heavy atom. The topological polar surface area (TPSA) is 64.4 Å². The maximum Gasteiger partial charge on any atom is 0.405 e. The standard InChI is InChI=1S/C12H15FN2O2/c13-10-4-2-1-3-9(10)12(17-11(14)16)5-7-15-8-6-12/h1-4,15H,5-8H2,(H2,14,16).